The van der Waals surface area contributed by atoms with Crippen molar-refractivity contribution < 1.29 is 24.5 Å². The van der Waals surface area contributed by atoms with Gasteiger partial charge in [0.05, 0.1) is 38.0 Å². The number of amides is 1. The quantitative estimate of drug-likeness (QED) is 0.858. The van der Waals surface area contributed by atoms with Crippen molar-refractivity contribution in [1.82, 2.24) is 4.90 Å². The summed E-state index contributed by atoms with van der Waals surface area (Å²) in [7, 11) is 0. The predicted octanol–water partition coefficient (Wildman–Crippen LogP) is 1.93. The SMILES string of the molecule is CC(C)(C)OC(=O)N1[C@@H](CO)CC(OCc2ccccc2)[C@H]1CO. The van der Waals surface area contributed by atoms with Gasteiger partial charge in [-0.1, -0.05) is 30.3 Å². The van der Waals surface area contributed by atoms with Crippen LogP contribution in [0.1, 0.15) is 32.8 Å². The number of likely N-dealkylation sites (tertiary alicyclic amines) is 1. The first-order valence-corrected chi connectivity index (χ1v) is 8.24. The van der Waals surface area contributed by atoms with E-state index in [4.69, 9.17) is 9.47 Å². The Labute approximate surface area is 143 Å². The van der Waals surface area contributed by atoms with Gasteiger partial charge in [-0.05, 0) is 32.8 Å². The maximum absolute atomic E-state index is 12.4. The van der Waals surface area contributed by atoms with Crippen molar-refractivity contribution in [2.24, 2.45) is 0 Å². The van der Waals surface area contributed by atoms with E-state index in [0.29, 0.717) is 13.0 Å². The second-order valence-corrected chi connectivity index (χ2v) is 7.04. The van der Waals surface area contributed by atoms with Gasteiger partial charge in [0.25, 0.3) is 0 Å². The minimum Gasteiger partial charge on any atom is -0.444 e. The van der Waals surface area contributed by atoms with Crippen LogP contribution in [-0.2, 0) is 16.1 Å². The lowest BCUT2D eigenvalue weighted by Crippen LogP contribution is -2.48. The largest absolute Gasteiger partial charge is 0.444 e. The third-order valence-corrected chi connectivity index (χ3v) is 3.99. The average Bonchev–Trinajstić information content (AvgIpc) is 2.90. The molecule has 6 nitrogen and oxygen atoms in total. The van der Waals surface area contributed by atoms with Crippen LogP contribution in [0.5, 0.6) is 0 Å². The van der Waals surface area contributed by atoms with Crippen molar-refractivity contribution in [3.63, 3.8) is 0 Å². The molecule has 1 amide bonds. The Morgan fingerprint density at radius 1 is 1.21 bits per heavy atom. The number of carbonyl (C=O) groups excluding carboxylic acids is 1. The van der Waals surface area contributed by atoms with Gasteiger partial charge in [-0.15, -0.1) is 0 Å². The second-order valence-electron chi connectivity index (χ2n) is 7.04. The van der Waals surface area contributed by atoms with Crippen LogP contribution in [0.4, 0.5) is 4.79 Å². The molecule has 3 atom stereocenters. The molecule has 0 radical (unpaired) electrons. The molecule has 1 aliphatic rings. The van der Waals surface area contributed by atoms with Crippen molar-refractivity contribution in [3.05, 3.63) is 35.9 Å². The summed E-state index contributed by atoms with van der Waals surface area (Å²) in [6, 6.07) is 8.76. The summed E-state index contributed by atoms with van der Waals surface area (Å²) in [4.78, 5) is 13.9. The molecule has 1 fully saturated rings. The van der Waals surface area contributed by atoms with E-state index in [1.54, 1.807) is 20.8 Å². The molecule has 1 aromatic rings. The van der Waals surface area contributed by atoms with Crippen LogP contribution in [0.25, 0.3) is 0 Å². The van der Waals surface area contributed by atoms with E-state index in [-0.39, 0.29) is 19.3 Å². The second kappa shape index (κ2) is 7.96. The molecule has 24 heavy (non-hydrogen) atoms. The molecule has 1 aliphatic heterocycles. The number of hydrogen-bond donors (Lipinski definition) is 2. The predicted molar refractivity (Wildman–Crippen MR) is 89.5 cm³/mol. The van der Waals surface area contributed by atoms with Gasteiger partial charge in [0.1, 0.15) is 5.60 Å². The maximum atomic E-state index is 12.4. The molecule has 0 bridgehead atoms. The fourth-order valence-corrected chi connectivity index (χ4v) is 2.91. The Morgan fingerprint density at radius 3 is 2.42 bits per heavy atom. The number of aliphatic hydroxyl groups is 2. The first-order chi connectivity index (χ1) is 11.4. The molecular weight excluding hydrogens is 310 g/mol. The van der Waals surface area contributed by atoms with Gasteiger partial charge in [0, 0.05) is 0 Å². The molecule has 1 aromatic carbocycles. The minimum absolute atomic E-state index is 0.194. The summed E-state index contributed by atoms with van der Waals surface area (Å²) < 4.78 is 11.3. The van der Waals surface area contributed by atoms with E-state index in [1.807, 2.05) is 30.3 Å². The highest BCUT2D eigenvalue weighted by molar-refractivity contribution is 5.69. The molecular formula is C18H27NO5. The zero-order chi connectivity index (χ0) is 17.7. The number of nitrogens with zero attached hydrogens (tertiary/aromatic N) is 1. The number of benzene rings is 1. The van der Waals surface area contributed by atoms with E-state index < -0.39 is 23.8 Å². The Balaban J connectivity index is 2.06. The van der Waals surface area contributed by atoms with Gasteiger partial charge in [-0.3, -0.25) is 4.90 Å². The topological polar surface area (TPSA) is 79.2 Å². The van der Waals surface area contributed by atoms with E-state index in [9.17, 15) is 15.0 Å². The first kappa shape index (κ1) is 18.7. The molecule has 0 aliphatic carbocycles. The summed E-state index contributed by atoms with van der Waals surface area (Å²) in [6.45, 7) is 5.31. The van der Waals surface area contributed by atoms with Crippen molar-refractivity contribution in [2.75, 3.05) is 13.2 Å². The Bertz CT molecular complexity index is 528. The molecule has 1 unspecified atom stereocenters. The summed E-state index contributed by atoms with van der Waals surface area (Å²) >= 11 is 0. The van der Waals surface area contributed by atoms with Gasteiger partial charge in [0.2, 0.25) is 0 Å². The average molecular weight is 337 g/mol. The summed E-state index contributed by atoms with van der Waals surface area (Å²) in [5.74, 6) is 0. The van der Waals surface area contributed by atoms with Crippen molar-refractivity contribution in [2.45, 2.75) is 57.6 Å². The van der Waals surface area contributed by atoms with Crippen molar-refractivity contribution in [3.8, 4) is 0 Å². The highest BCUT2D eigenvalue weighted by atomic mass is 16.6. The standard InChI is InChI=1S/C18H27NO5/c1-18(2,3)24-17(22)19-14(10-20)9-16(15(19)11-21)23-12-13-7-5-4-6-8-13/h4-8,14-16,20-21H,9-12H2,1-3H3/t14-,15-,16?/m1/s1. The van der Waals surface area contributed by atoms with E-state index in [0.717, 1.165) is 5.56 Å². The van der Waals surface area contributed by atoms with Gasteiger partial charge in [-0.25, -0.2) is 4.79 Å². The number of ether oxygens (including phenoxy) is 2. The highest BCUT2D eigenvalue weighted by Gasteiger charge is 2.45. The smallest absolute Gasteiger partial charge is 0.411 e. The fourth-order valence-electron chi connectivity index (χ4n) is 2.91. The molecule has 1 heterocycles. The van der Waals surface area contributed by atoms with E-state index in [1.165, 1.54) is 4.90 Å². The molecule has 0 aromatic heterocycles. The van der Waals surface area contributed by atoms with E-state index >= 15 is 0 Å². The van der Waals surface area contributed by atoms with Crippen LogP contribution in [0.15, 0.2) is 30.3 Å². The van der Waals surface area contributed by atoms with Crippen molar-refractivity contribution in [1.29, 1.82) is 0 Å². The fraction of sp³-hybridized carbons (Fsp3) is 0.611. The van der Waals surface area contributed by atoms with Crippen LogP contribution in [0.2, 0.25) is 0 Å². The van der Waals surface area contributed by atoms with Gasteiger partial charge < -0.3 is 19.7 Å². The molecule has 134 valence electrons. The Kier molecular flexibility index (Phi) is 6.21. The van der Waals surface area contributed by atoms with E-state index in [2.05, 4.69) is 0 Å². The zero-order valence-corrected chi connectivity index (χ0v) is 14.5. The number of hydrogen-bond acceptors (Lipinski definition) is 5. The number of rotatable bonds is 5. The minimum atomic E-state index is -0.639. The van der Waals surface area contributed by atoms with Crippen LogP contribution in [0, 0.1) is 0 Å². The summed E-state index contributed by atoms with van der Waals surface area (Å²) in [6.07, 6.45) is -0.417. The maximum Gasteiger partial charge on any atom is 0.411 e. The lowest BCUT2D eigenvalue weighted by atomic mass is 10.1. The summed E-state index contributed by atoms with van der Waals surface area (Å²) in [5, 5.41) is 19.4. The third-order valence-electron chi connectivity index (χ3n) is 3.99. The lowest BCUT2D eigenvalue weighted by molar-refractivity contribution is -0.0221. The van der Waals surface area contributed by atoms with Crippen molar-refractivity contribution >= 4 is 6.09 Å². The van der Waals surface area contributed by atoms with Gasteiger partial charge >= 0.3 is 6.09 Å². The molecule has 0 saturated carbocycles. The van der Waals surface area contributed by atoms with Gasteiger partial charge in [-0.2, -0.15) is 0 Å². The van der Waals surface area contributed by atoms with Crippen LogP contribution >= 0.6 is 0 Å². The number of aliphatic hydroxyl groups excluding tert-OH is 2. The molecule has 0 spiro atoms. The molecule has 1 saturated heterocycles. The normalized spacial score (nSPS) is 24.2. The molecule has 2 N–H and O–H groups in total. The zero-order valence-electron chi connectivity index (χ0n) is 14.5. The van der Waals surface area contributed by atoms with Crippen LogP contribution in [-0.4, -0.2) is 58.2 Å². The highest BCUT2D eigenvalue weighted by Crippen LogP contribution is 2.29. The van der Waals surface area contributed by atoms with Gasteiger partial charge in [0.15, 0.2) is 0 Å². The van der Waals surface area contributed by atoms with Crippen LogP contribution in [0.3, 0.4) is 0 Å². The lowest BCUT2D eigenvalue weighted by Gasteiger charge is -2.32. The third kappa shape index (κ3) is 4.69. The Morgan fingerprint density at radius 2 is 1.88 bits per heavy atom. The summed E-state index contributed by atoms with van der Waals surface area (Å²) in [5.41, 5.74) is 0.380. The number of carbonyl (C=O) groups is 1. The first-order valence-electron chi connectivity index (χ1n) is 8.24. The monoisotopic (exact) mass is 337 g/mol. The molecule has 2 rings (SSSR count). The Hall–Kier alpha value is -1.63. The van der Waals surface area contributed by atoms with Crippen LogP contribution < -0.4 is 0 Å². The molecule has 6 heteroatoms.